The molecule has 4 heteroatoms. The summed E-state index contributed by atoms with van der Waals surface area (Å²) in [5, 5.41) is 3.94. The summed E-state index contributed by atoms with van der Waals surface area (Å²) in [6.45, 7) is 1.81. The van der Waals surface area contributed by atoms with E-state index in [1.54, 1.807) is 19.1 Å². The summed E-state index contributed by atoms with van der Waals surface area (Å²) in [5.74, 6) is 1.25. The molecule has 1 aromatic carbocycles. The predicted octanol–water partition coefficient (Wildman–Crippen LogP) is 2.93. The highest BCUT2D eigenvalue weighted by molar-refractivity contribution is 6.00. The van der Waals surface area contributed by atoms with Crippen LogP contribution in [0.3, 0.4) is 0 Å². The zero-order valence-electron chi connectivity index (χ0n) is 10.2. The van der Waals surface area contributed by atoms with Gasteiger partial charge in [0.05, 0.1) is 5.92 Å². The van der Waals surface area contributed by atoms with E-state index in [2.05, 4.69) is 10.1 Å². The van der Waals surface area contributed by atoms with Gasteiger partial charge in [-0.25, -0.2) is 0 Å². The van der Waals surface area contributed by atoms with Crippen LogP contribution in [0, 0.1) is 0 Å². The van der Waals surface area contributed by atoms with Gasteiger partial charge in [0.15, 0.2) is 11.6 Å². The van der Waals surface area contributed by atoms with Gasteiger partial charge in [-0.3, -0.25) is 4.79 Å². The summed E-state index contributed by atoms with van der Waals surface area (Å²) < 4.78 is 5.19. The van der Waals surface area contributed by atoms with E-state index in [-0.39, 0.29) is 11.7 Å². The summed E-state index contributed by atoms with van der Waals surface area (Å²) in [7, 11) is 0. The monoisotopic (exact) mass is 242 g/mol. The van der Waals surface area contributed by atoms with E-state index in [4.69, 9.17) is 4.52 Å². The molecule has 3 rings (SSSR count). The third kappa shape index (κ3) is 2.06. The first kappa shape index (κ1) is 11.1. The lowest BCUT2D eigenvalue weighted by molar-refractivity contribution is 0.0951. The first-order chi connectivity index (χ1) is 8.75. The molecule has 2 aromatic rings. The van der Waals surface area contributed by atoms with Crippen molar-refractivity contribution >= 4 is 5.78 Å². The van der Waals surface area contributed by atoms with Crippen LogP contribution in [0.1, 0.15) is 53.7 Å². The van der Waals surface area contributed by atoms with Crippen LogP contribution in [0.5, 0.6) is 0 Å². The zero-order chi connectivity index (χ0) is 12.5. The quantitative estimate of drug-likeness (QED) is 0.773. The molecule has 0 aliphatic heterocycles. The summed E-state index contributed by atoms with van der Waals surface area (Å²) in [6, 6.07) is 9.19. The van der Waals surface area contributed by atoms with Crippen molar-refractivity contribution in [2.45, 2.75) is 31.6 Å². The number of carbonyl (C=O) groups excluding carboxylic acids is 1. The first-order valence-electron chi connectivity index (χ1n) is 6.18. The highest BCUT2D eigenvalue weighted by atomic mass is 16.5. The number of carbonyl (C=O) groups is 1. The van der Waals surface area contributed by atoms with Gasteiger partial charge >= 0.3 is 0 Å². The lowest BCUT2D eigenvalue weighted by atomic mass is 9.99. The molecule has 0 radical (unpaired) electrons. The van der Waals surface area contributed by atoms with E-state index >= 15 is 0 Å². The first-order valence-corrected chi connectivity index (χ1v) is 6.18. The van der Waals surface area contributed by atoms with Gasteiger partial charge in [-0.05, 0) is 19.8 Å². The third-order valence-corrected chi connectivity index (χ3v) is 3.22. The minimum absolute atomic E-state index is 0.0154. The van der Waals surface area contributed by atoms with Crippen molar-refractivity contribution in [1.82, 2.24) is 10.1 Å². The molecule has 92 valence electrons. The Morgan fingerprint density at radius 2 is 2.06 bits per heavy atom. The van der Waals surface area contributed by atoms with Crippen molar-refractivity contribution in [2.75, 3.05) is 0 Å². The summed E-state index contributed by atoms with van der Waals surface area (Å²) >= 11 is 0. The van der Waals surface area contributed by atoms with E-state index < -0.39 is 0 Å². The van der Waals surface area contributed by atoms with Crippen LogP contribution in [-0.4, -0.2) is 15.9 Å². The predicted molar refractivity (Wildman–Crippen MR) is 65.5 cm³/mol. The van der Waals surface area contributed by atoms with Gasteiger partial charge in [0.2, 0.25) is 5.89 Å². The van der Waals surface area contributed by atoms with Crippen LogP contribution in [0.25, 0.3) is 0 Å². The van der Waals surface area contributed by atoms with Crippen LogP contribution in [-0.2, 0) is 0 Å². The van der Waals surface area contributed by atoms with Gasteiger partial charge in [0.25, 0.3) is 0 Å². The SMILES string of the molecule is CC(C(=O)c1ccccc1)c1nc(C2CC2)no1. The van der Waals surface area contributed by atoms with E-state index in [0.29, 0.717) is 17.4 Å². The van der Waals surface area contributed by atoms with Gasteiger partial charge in [0, 0.05) is 11.5 Å². The molecule has 1 unspecified atom stereocenters. The maximum Gasteiger partial charge on any atom is 0.237 e. The fourth-order valence-electron chi connectivity index (χ4n) is 1.90. The number of hydrogen-bond donors (Lipinski definition) is 0. The van der Waals surface area contributed by atoms with Gasteiger partial charge in [-0.15, -0.1) is 0 Å². The molecule has 0 saturated heterocycles. The highest BCUT2D eigenvalue weighted by Crippen LogP contribution is 2.38. The molecule has 0 spiro atoms. The lowest BCUT2D eigenvalue weighted by Gasteiger charge is -2.04. The third-order valence-electron chi connectivity index (χ3n) is 3.22. The van der Waals surface area contributed by atoms with E-state index in [9.17, 15) is 4.79 Å². The van der Waals surface area contributed by atoms with Crippen LogP contribution < -0.4 is 0 Å². The fraction of sp³-hybridized carbons (Fsp3) is 0.357. The average molecular weight is 242 g/mol. The molecule has 4 nitrogen and oxygen atoms in total. The van der Waals surface area contributed by atoms with Crippen LogP contribution in [0.4, 0.5) is 0 Å². The average Bonchev–Trinajstić information content (AvgIpc) is 3.16. The summed E-state index contributed by atoms with van der Waals surface area (Å²) in [6.07, 6.45) is 2.25. The van der Waals surface area contributed by atoms with Crippen molar-refractivity contribution in [3.05, 3.63) is 47.6 Å². The Kier molecular flexibility index (Phi) is 2.70. The van der Waals surface area contributed by atoms with Gasteiger partial charge in [-0.1, -0.05) is 35.5 Å². The topological polar surface area (TPSA) is 56.0 Å². The highest BCUT2D eigenvalue weighted by Gasteiger charge is 2.31. The molecular weight excluding hydrogens is 228 g/mol. The molecule has 18 heavy (non-hydrogen) atoms. The molecule has 1 fully saturated rings. The van der Waals surface area contributed by atoms with Crippen molar-refractivity contribution in [1.29, 1.82) is 0 Å². The minimum Gasteiger partial charge on any atom is -0.339 e. The number of ketones is 1. The number of Topliss-reactive ketones (excluding diaryl/α,β-unsaturated/α-hetero) is 1. The standard InChI is InChI=1S/C14H14N2O2/c1-9(12(17)10-5-3-2-4-6-10)14-15-13(16-18-14)11-7-8-11/h2-6,9,11H,7-8H2,1H3. The number of hydrogen-bond acceptors (Lipinski definition) is 4. The number of rotatable bonds is 4. The van der Waals surface area contributed by atoms with Gasteiger partial charge in [-0.2, -0.15) is 4.98 Å². The van der Waals surface area contributed by atoms with Crippen LogP contribution in [0.2, 0.25) is 0 Å². The van der Waals surface area contributed by atoms with Crippen molar-refractivity contribution in [3.63, 3.8) is 0 Å². The van der Waals surface area contributed by atoms with Gasteiger partial charge < -0.3 is 4.52 Å². The summed E-state index contributed by atoms with van der Waals surface area (Å²) in [5.41, 5.74) is 0.677. The van der Waals surface area contributed by atoms with Crippen LogP contribution >= 0.6 is 0 Å². The lowest BCUT2D eigenvalue weighted by Crippen LogP contribution is -2.09. The molecule has 1 aromatic heterocycles. The molecule has 1 atom stereocenters. The van der Waals surface area contributed by atoms with Gasteiger partial charge in [0.1, 0.15) is 0 Å². The maximum absolute atomic E-state index is 12.2. The summed E-state index contributed by atoms with van der Waals surface area (Å²) in [4.78, 5) is 16.5. The number of nitrogens with zero attached hydrogens (tertiary/aromatic N) is 2. The molecular formula is C14H14N2O2. The Labute approximate surface area is 105 Å². The second kappa shape index (κ2) is 4.37. The Bertz CT molecular complexity index is 558. The Morgan fingerprint density at radius 1 is 1.33 bits per heavy atom. The zero-order valence-corrected chi connectivity index (χ0v) is 10.2. The van der Waals surface area contributed by atoms with E-state index in [1.165, 1.54) is 0 Å². The van der Waals surface area contributed by atoms with Crippen molar-refractivity contribution in [2.24, 2.45) is 0 Å². The second-order valence-electron chi connectivity index (χ2n) is 4.72. The van der Waals surface area contributed by atoms with Crippen molar-refractivity contribution < 1.29 is 9.32 Å². The Balaban J connectivity index is 1.80. The molecule has 1 heterocycles. The van der Waals surface area contributed by atoms with E-state index in [0.717, 1.165) is 18.7 Å². The van der Waals surface area contributed by atoms with Crippen molar-refractivity contribution in [3.8, 4) is 0 Å². The smallest absolute Gasteiger partial charge is 0.237 e. The molecule has 1 aliphatic rings. The molecule has 1 aliphatic carbocycles. The normalized spacial score (nSPS) is 16.5. The molecule has 0 N–H and O–H groups in total. The molecule has 1 saturated carbocycles. The van der Waals surface area contributed by atoms with Crippen LogP contribution in [0.15, 0.2) is 34.9 Å². The minimum atomic E-state index is -0.382. The maximum atomic E-state index is 12.2. The Morgan fingerprint density at radius 3 is 2.72 bits per heavy atom. The molecule has 0 bridgehead atoms. The largest absolute Gasteiger partial charge is 0.339 e. The van der Waals surface area contributed by atoms with E-state index in [1.807, 2.05) is 18.2 Å². The number of benzene rings is 1. The molecule has 0 amide bonds. The second-order valence-corrected chi connectivity index (χ2v) is 4.72. The Hall–Kier alpha value is -1.97. The number of aromatic nitrogens is 2. The fourth-order valence-corrected chi connectivity index (χ4v) is 1.90.